The Balaban J connectivity index is 2.30. The number of nitrogens with zero attached hydrogens (tertiary/aromatic N) is 1. The van der Waals surface area contributed by atoms with Crippen LogP contribution in [0.5, 0.6) is 0 Å². The number of hydrogen-bond donors (Lipinski definition) is 1. The summed E-state index contributed by atoms with van der Waals surface area (Å²) in [5, 5.41) is 0.809. The highest BCUT2D eigenvalue weighted by atomic mass is 19.1. The van der Waals surface area contributed by atoms with Gasteiger partial charge in [-0.15, -0.1) is 0 Å². The minimum Gasteiger partial charge on any atom is -0.324 e. The molecule has 0 aliphatic heterocycles. The monoisotopic (exact) mass is 284 g/mol. The van der Waals surface area contributed by atoms with Crippen LogP contribution in [0.25, 0.3) is 22.2 Å². The Hall–Kier alpha value is -2.33. The van der Waals surface area contributed by atoms with Crippen LogP contribution < -0.4 is 5.73 Å². The molecule has 0 fully saturated rings. The molecular weight excluding hydrogens is 270 g/mol. The number of rotatable bonds is 2. The van der Waals surface area contributed by atoms with E-state index < -0.39 is 0 Å². The van der Waals surface area contributed by atoms with Crippen LogP contribution >= 0.6 is 0 Å². The van der Waals surface area contributed by atoms with Crippen molar-refractivity contribution in [2.75, 3.05) is 0 Å². The van der Waals surface area contributed by atoms with Gasteiger partial charge in [-0.2, -0.15) is 0 Å². The van der Waals surface area contributed by atoms with Gasteiger partial charge in [0, 0.05) is 23.1 Å². The Kier molecular flexibility index (Phi) is 3.39. The van der Waals surface area contributed by atoms with E-state index in [4.69, 9.17) is 5.73 Å². The Morgan fingerprint density at radius 3 is 2.48 bits per heavy atom. The normalized spacial score (nSPS) is 12.6. The van der Waals surface area contributed by atoms with Gasteiger partial charge in [0.2, 0.25) is 0 Å². The highest BCUT2D eigenvalue weighted by Gasteiger charge is 2.13. The van der Waals surface area contributed by atoms with Crippen molar-refractivity contribution in [1.82, 2.24) is 4.98 Å². The molecule has 0 amide bonds. The quantitative estimate of drug-likeness (QED) is 0.766. The standard InChI is InChI=1S/C17H14F2N2/c1-10(20)15-8-11-5-6-14(19)9-16(11)21-17(15)12-3-2-4-13(18)7-12/h2-10H,20H2,1H3. The number of nitrogens with two attached hydrogens (primary N) is 1. The number of benzene rings is 2. The van der Waals surface area contributed by atoms with Gasteiger partial charge < -0.3 is 5.73 Å². The van der Waals surface area contributed by atoms with E-state index in [0.717, 1.165) is 10.9 Å². The summed E-state index contributed by atoms with van der Waals surface area (Å²) in [5.41, 5.74) is 8.55. The lowest BCUT2D eigenvalue weighted by Crippen LogP contribution is -2.08. The fourth-order valence-corrected chi connectivity index (χ4v) is 2.37. The molecule has 106 valence electrons. The van der Waals surface area contributed by atoms with E-state index in [1.807, 2.05) is 13.0 Å². The molecule has 4 heteroatoms. The number of fused-ring (bicyclic) bond motifs is 1. The van der Waals surface area contributed by atoms with Crippen LogP contribution in [0.15, 0.2) is 48.5 Å². The van der Waals surface area contributed by atoms with Crippen molar-refractivity contribution in [1.29, 1.82) is 0 Å². The SMILES string of the molecule is CC(N)c1cc2ccc(F)cc2nc1-c1cccc(F)c1. The number of aromatic nitrogens is 1. The molecule has 2 N–H and O–H groups in total. The maximum atomic E-state index is 13.4. The van der Waals surface area contributed by atoms with Gasteiger partial charge >= 0.3 is 0 Å². The molecular formula is C17H14F2N2. The van der Waals surface area contributed by atoms with E-state index >= 15 is 0 Å². The minimum absolute atomic E-state index is 0.259. The molecule has 0 saturated carbocycles. The second-order valence-electron chi connectivity index (χ2n) is 5.06. The molecule has 1 unspecified atom stereocenters. The smallest absolute Gasteiger partial charge is 0.125 e. The zero-order chi connectivity index (χ0) is 15.0. The number of pyridine rings is 1. The lowest BCUT2D eigenvalue weighted by Gasteiger charge is -2.14. The van der Waals surface area contributed by atoms with Crippen LogP contribution in [0.2, 0.25) is 0 Å². The molecule has 0 saturated heterocycles. The van der Waals surface area contributed by atoms with Gasteiger partial charge in [0.15, 0.2) is 0 Å². The summed E-state index contributed by atoms with van der Waals surface area (Å²) in [6.45, 7) is 1.84. The van der Waals surface area contributed by atoms with Crippen LogP contribution in [0, 0.1) is 11.6 Å². The van der Waals surface area contributed by atoms with Crippen LogP contribution in [0.3, 0.4) is 0 Å². The zero-order valence-corrected chi connectivity index (χ0v) is 11.5. The van der Waals surface area contributed by atoms with Gasteiger partial charge in [0.1, 0.15) is 11.6 Å². The Morgan fingerprint density at radius 2 is 1.76 bits per heavy atom. The van der Waals surface area contributed by atoms with E-state index in [1.54, 1.807) is 18.2 Å². The van der Waals surface area contributed by atoms with Crippen molar-refractivity contribution in [2.24, 2.45) is 5.73 Å². The van der Waals surface area contributed by atoms with Crippen LogP contribution in [0.4, 0.5) is 8.78 Å². The first-order chi connectivity index (χ1) is 10.0. The van der Waals surface area contributed by atoms with Gasteiger partial charge in [-0.25, -0.2) is 13.8 Å². The molecule has 1 heterocycles. The van der Waals surface area contributed by atoms with Crippen molar-refractivity contribution >= 4 is 10.9 Å². The van der Waals surface area contributed by atoms with Crippen molar-refractivity contribution in [2.45, 2.75) is 13.0 Å². The highest BCUT2D eigenvalue weighted by molar-refractivity contribution is 5.83. The van der Waals surface area contributed by atoms with Gasteiger partial charge in [0.05, 0.1) is 11.2 Å². The third-order valence-electron chi connectivity index (χ3n) is 3.40. The molecule has 0 bridgehead atoms. The predicted molar refractivity (Wildman–Crippen MR) is 79.7 cm³/mol. The first kappa shape index (κ1) is 13.6. The molecule has 0 radical (unpaired) electrons. The fourth-order valence-electron chi connectivity index (χ4n) is 2.37. The van der Waals surface area contributed by atoms with E-state index in [2.05, 4.69) is 4.98 Å². The Bertz CT molecular complexity index is 813. The summed E-state index contributed by atoms with van der Waals surface area (Å²) in [6, 6.07) is 12.2. The average Bonchev–Trinajstić information content (AvgIpc) is 2.45. The third kappa shape index (κ3) is 2.62. The first-order valence-corrected chi connectivity index (χ1v) is 6.66. The molecule has 3 aromatic rings. The van der Waals surface area contributed by atoms with Crippen molar-refractivity contribution < 1.29 is 8.78 Å². The highest BCUT2D eigenvalue weighted by Crippen LogP contribution is 2.29. The zero-order valence-electron chi connectivity index (χ0n) is 11.5. The van der Waals surface area contributed by atoms with Gasteiger partial charge in [-0.1, -0.05) is 12.1 Å². The molecule has 0 aliphatic rings. The fraction of sp³-hybridized carbons (Fsp3) is 0.118. The molecule has 1 atom stereocenters. The average molecular weight is 284 g/mol. The van der Waals surface area contributed by atoms with Crippen molar-refractivity contribution in [3.63, 3.8) is 0 Å². The summed E-state index contributed by atoms with van der Waals surface area (Å²) in [4.78, 5) is 4.48. The van der Waals surface area contributed by atoms with E-state index in [9.17, 15) is 8.78 Å². The maximum Gasteiger partial charge on any atom is 0.125 e. The van der Waals surface area contributed by atoms with Crippen LogP contribution in [0.1, 0.15) is 18.5 Å². The van der Waals surface area contributed by atoms with Gasteiger partial charge in [-0.3, -0.25) is 0 Å². The molecule has 21 heavy (non-hydrogen) atoms. The van der Waals surface area contributed by atoms with Crippen LogP contribution in [-0.2, 0) is 0 Å². The third-order valence-corrected chi connectivity index (χ3v) is 3.40. The summed E-state index contributed by atoms with van der Waals surface area (Å²) >= 11 is 0. The summed E-state index contributed by atoms with van der Waals surface area (Å²) in [6.07, 6.45) is 0. The second-order valence-corrected chi connectivity index (χ2v) is 5.06. The van der Waals surface area contributed by atoms with E-state index in [1.165, 1.54) is 24.3 Å². The summed E-state index contributed by atoms with van der Waals surface area (Å²) in [5.74, 6) is -0.696. The topological polar surface area (TPSA) is 38.9 Å². The van der Waals surface area contributed by atoms with Gasteiger partial charge in [-0.05, 0) is 42.8 Å². The minimum atomic E-state index is -0.353. The molecule has 3 rings (SSSR count). The maximum absolute atomic E-state index is 13.4. The molecule has 2 aromatic carbocycles. The van der Waals surface area contributed by atoms with Crippen LogP contribution in [-0.4, -0.2) is 4.98 Å². The first-order valence-electron chi connectivity index (χ1n) is 6.66. The lowest BCUT2D eigenvalue weighted by molar-refractivity contribution is 0.627. The Labute approximate surface area is 121 Å². The second kappa shape index (κ2) is 5.22. The molecule has 0 spiro atoms. The van der Waals surface area contributed by atoms with Gasteiger partial charge in [0.25, 0.3) is 0 Å². The van der Waals surface area contributed by atoms with Crippen molar-refractivity contribution in [3.8, 4) is 11.3 Å². The van der Waals surface area contributed by atoms with Crippen molar-refractivity contribution in [3.05, 3.63) is 65.7 Å². The molecule has 1 aromatic heterocycles. The summed E-state index contributed by atoms with van der Waals surface area (Å²) < 4.78 is 26.8. The molecule has 0 aliphatic carbocycles. The Morgan fingerprint density at radius 1 is 1.00 bits per heavy atom. The predicted octanol–water partition coefficient (Wildman–Crippen LogP) is 4.20. The van der Waals surface area contributed by atoms with E-state index in [-0.39, 0.29) is 17.7 Å². The molecule has 2 nitrogen and oxygen atoms in total. The lowest BCUT2D eigenvalue weighted by atomic mass is 9.99. The van der Waals surface area contributed by atoms with E-state index in [0.29, 0.717) is 16.8 Å². The summed E-state index contributed by atoms with van der Waals surface area (Å²) in [7, 11) is 0. The number of halogens is 2. The largest absolute Gasteiger partial charge is 0.324 e. The number of hydrogen-bond acceptors (Lipinski definition) is 2.